The fourth-order valence-electron chi connectivity index (χ4n) is 2.37. The lowest BCUT2D eigenvalue weighted by atomic mass is 10.2. The van der Waals surface area contributed by atoms with Crippen molar-refractivity contribution in [3.05, 3.63) is 18.0 Å². The van der Waals surface area contributed by atoms with Gasteiger partial charge in [-0.3, -0.25) is 4.68 Å². The Hall–Kier alpha value is -0.830. The van der Waals surface area contributed by atoms with E-state index in [2.05, 4.69) is 41.2 Å². The number of aromatic nitrogens is 2. The topological polar surface area (TPSA) is 29.9 Å². The van der Waals surface area contributed by atoms with Crippen molar-refractivity contribution in [1.29, 1.82) is 0 Å². The SMILES string of the molecule is CCCNC1CCC(n2ccc(C)n2)C1. The number of hydrogen-bond donors (Lipinski definition) is 1. The van der Waals surface area contributed by atoms with Gasteiger partial charge >= 0.3 is 0 Å². The zero-order valence-corrected chi connectivity index (χ0v) is 9.74. The smallest absolute Gasteiger partial charge is 0.0593 e. The highest BCUT2D eigenvalue weighted by molar-refractivity contribution is 4.97. The first kappa shape index (κ1) is 10.7. The maximum atomic E-state index is 4.50. The van der Waals surface area contributed by atoms with E-state index in [0.717, 1.165) is 12.2 Å². The van der Waals surface area contributed by atoms with E-state index in [0.29, 0.717) is 12.1 Å². The summed E-state index contributed by atoms with van der Waals surface area (Å²) in [6.45, 7) is 5.42. The van der Waals surface area contributed by atoms with Gasteiger partial charge in [0.25, 0.3) is 0 Å². The van der Waals surface area contributed by atoms with Crippen LogP contribution in [0.2, 0.25) is 0 Å². The molecule has 0 spiro atoms. The molecule has 1 aliphatic rings. The van der Waals surface area contributed by atoms with Gasteiger partial charge in [-0.05, 0) is 45.2 Å². The van der Waals surface area contributed by atoms with E-state index in [1.54, 1.807) is 0 Å². The summed E-state index contributed by atoms with van der Waals surface area (Å²) in [7, 11) is 0. The van der Waals surface area contributed by atoms with Gasteiger partial charge in [0.15, 0.2) is 0 Å². The minimum atomic E-state index is 0.619. The van der Waals surface area contributed by atoms with Crippen molar-refractivity contribution >= 4 is 0 Å². The van der Waals surface area contributed by atoms with Crippen LogP contribution >= 0.6 is 0 Å². The molecule has 3 heteroatoms. The zero-order chi connectivity index (χ0) is 10.7. The van der Waals surface area contributed by atoms with Gasteiger partial charge in [-0.1, -0.05) is 6.92 Å². The predicted octanol–water partition coefficient (Wildman–Crippen LogP) is 2.28. The lowest BCUT2D eigenvalue weighted by molar-refractivity contribution is 0.440. The molecule has 2 atom stereocenters. The van der Waals surface area contributed by atoms with Crippen LogP contribution in [0.5, 0.6) is 0 Å². The van der Waals surface area contributed by atoms with Crippen LogP contribution < -0.4 is 5.32 Å². The Bertz CT molecular complexity index is 306. The van der Waals surface area contributed by atoms with Crippen LogP contribution in [0.4, 0.5) is 0 Å². The van der Waals surface area contributed by atoms with Crippen LogP contribution in [-0.4, -0.2) is 22.4 Å². The Morgan fingerprint density at radius 3 is 3.07 bits per heavy atom. The molecule has 84 valence electrons. The number of aryl methyl sites for hydroxylation is 1. The lowest BCUT2D eigenvalue weighted by Gasteiger charge is -2.13. The molecule has 1 aliphatic carbocycles. The van der Waals surface area contributed by atoms with E-state index in [1.807, 2.05) is 0 Å². The van der Waals surface area contributed by atoms with E-state index in [-0.39, 0.29) is 0 Å². The third-order valence-corrected chi connectivity index (χ3v) is 3.20. The molecule has 2 unspecified atom stereocenters. The van der Waals surface area contributed by atoms with Crippen molar-refractivity contribution < 1.29 is 0 Å². The second-order valence-electron chi connectivity index (χ2n) is 4.56. The monoisotopic (exact) mass is 207 g/mol. The average molecular weight is 207 g/mol. The van der Waals surface area contributed by atoms with Crippen LogP contribution in [0.15, 0.2) is 12.3 Å². The lowest BCUT2D eigenvalue weighted by Crippen LogP contribution is -2.27. The molecule has 1 N–H and O–H groups in total. The van der Waals surface area contributed by atoms with Gasteiger partial charge < -0.3 is 5.32 Å². The summed E-state index contributed by atoms with van der Waals surface area (Å²) in [5, 5.41) is 8.09. The van der Waals surface area contributed by atoms with E-state index in [9.17, 15) is 0 Å². The van der Waals surface area contributed by atoms with Crippen molar-refractivity contribution in [2.45, 2.75) is 51.6 Å². The highest BCUT2D eigenvalue weighted by Crippen LogP contribution is 2.29. The maximum Gasteiger partial charge on any atom is 0.0593 e. The zero-order valence-electron chi connectivity index (χ0n) is 9.74. The summed E-state index contributed by atoms with van der Waals surface area (Å²) in [5.41, 5.74) is 1.12. The quantitative estimate of drug-likeness (QED) is 0.821. The molecule has 3 nitrogen and oxygen atoms in total. The average Bonchev–Trinajstić information content (AvgIpc) is 2.83. The molecule has 1 heterocycles. The molecule has 1 aromatic rings. The number of rotatable bonds is 4. The summed E-state index contributed by atoms with van der Waals surface area (Å²) in [6, 6.07) is 3.42. The summed E-state index contributed by atoms with van der Waals surface area (Å²) < 4.78 is 2.14. The number of hydrogen-bond acceptors (Lipinski definition) is 2. The normalized spacial score (nSPS) is 26.0. The van der Waals surface area contributed by atoms with Crippen molar-refractivity contribution in [3.8, 4) is 0 Å². The summed E-state index contributed by atoms with van der Waals surface area (Å²) >= 11 is 0. The van der Waals surface area contributed by atoms with E-state index >= 15 is 0 Å². The summed E-state index contributed by atoms with van der Waals surface area (Å²) in [6.07, 6.45) is 7.14. The number of nitrogens with zero attached hydrogens (tertiary/aromatic N) is 2. The molecule has 0 amide bonds. The molecule has 0 aromatic carbocycles. The van der Waals surface area contributed by atoms with Gasteiger partial charge in [-0.2, -0.15) is 5.10 Å². The molecule has 1 saturated carbocycles. The molecule has 1 fully saturated rings. The fraction of sp³-hybridized carbons (Fsp3) is 0.750. The molecule has 0 radical (unpaired) electrons. The van der Waals surface area contributed by atoms with E-state index in [1.165, 1.54) is 25.7 Å². The van der Waals surface area contributed by atoms with Gasteiger partial charge in [-0.15, -0.1) is 0 Å². The Morgan fingerprint density at radius 2 is 2.40 bits per heavy atom. The minimum Gasteiger partial charge on any atom is -0.314 e. The van der Waals surface area contributed by atoms with Crippen molar-refractivity contribution in [2.24, 2.45) is 0 Å². The highest BCUT2D eigenvalue weighted by Gasteiger charge is 2.25. The first-order valence-corrected chi connectivity index (χ1v) is 6.04. The van der Waals surface area contributed by atoms with Gasteiger partial charge in [0.1, 0.15) is 0 Å². The van der Waals surface area contributed by atoms with E-state index < -0.39 is 0 Å². The summed E-state index contributed by atoms with van der Waals surface area (Å²) in [5.74, 6) is 0. The molecule has 0 aliphatic heterocycles. The maximum absolute atomic E-state index is 4.50. The molecular formula is C12H21N3. The highest BCUT2D eigenvalue weighted by atomic mass is 15.3. The largest absolute Gasteiger partial charge is 0.314 e. The fourth-order valence-corrected chi connectivity index (χ4v) is 2.37. The van der Waals surface area contributed by atoms with Gasteiger partial charge in [-0.25, -0.2) is 0 Å². The van der Waals surface area contributed by atoms with Crippen LogP contribution in [0.25, 0.3) is 0 Å². The predicted molar refractivity (Wildman–Crippen MR) is 61.9 cm³/mol. The molecule has 0 bridgehead atoms. The van der Waals surface area contributed by atoms with Crippen LogP contribution in [-0.2, 0) is 0 Å². The Morgan fingerprint density at radius 1 is 1.53 bits per heavy atom. The van der Waals surface area contributed by atoms with Crippen molar-refractivity contribution in [1.82, 2.24) is 15.1 Å². The van der Waals surface area contributed by atoms with Gasteiger partial charge in [0, 0.05) is 12.2 Å². The van der Waals surface area contributed by atoms with Gasteiger partial charge in [0.2, 0.25) is 0 Å². The molecule has 1 aromatic heterocycles. The van der Waals surface area contributed by atoms with Crippen molar-refractivity contribution in [3.63, 3.8) is 0 Å². The van der Waals surface area contributed by atoms with Crippen LogP contribution in [0, 0.1) is 6.92 Å². The minimum absolute atomic E-state index is 0.619. The molecule has 15 heavy (non-hydrogen) atoms. The third kappa shape index (κ3) is 2.59. The standard InChI is InChI=1S/C12H21N3/c1-3-7-13-11-4-5-12(9-11)15-8-6-10(2)14-15/h6,8,11-13H,3-5,7,9H2,1-2H3. The molecule has 0 saturated heterocycles. The molecular weight excluding hydrogens is 186 g/mol. The van der Waals surface area contributed by atoms with Crippen molar-refractivity contribution in [2.75, 3.05) is 6.54 Å². The second-order valence-corrected chi connectivity index (χ2v) is 4.56. The Kier molecular flexibility index (Phi) is 3.41. The Labute approximate surface area is 91.9 Å². The second kappa shape index (κ2) is 4.79. The third-order valence-electron chi connectivity index (χ3n) is 3.20. The first-order chi connectivity index (χ1) is 7.29. The van der Waals surface area contributed by atoms with Gasteiger partial charge in [0.05, 0.1) is 11.7 Å². The first-order valence-electron chi connectivity index (χ1n) is 6.04. The van der Waals surface area contributed by atoms with Crippen LogP contribution in [0.3, 0.4) is 0 Å². The van der Waals surface area contributed by atoms with Crippen LogP contribution in [0.1, 0.15) is 44.3 Å². The van der Waals surface area contributed by atoms with E-state index in [4.69, 9.17) is 0 Å². The summed E-state index contributed by atoms with van der Waals surface area (Å²) in [4.78, 5) is 0. The number of nitrogens with one attached hydrogen (secondary N) is 1. The Balaban J connectivity index is 1.87. The molecule has 2 rings (SSSR count).